The fourth-order valence-corrected chi connectivity index (χ4v) is 7.65. The van der Waals surface area contributed by atoms with Gasteiger partial charge in [-0.25, -0.2) is 15.0 Å². The lowest BCUT2D eigenvalue weighted by Crippen LogP contribution is -2.02. The van der Waals surface area contributed by atoms with Gasteiger partial charge in [-0.15, -0.1) is 0 Å². The van der Waals surface area contributed by atoms with Gasteiger partial charge in [0.05, 0.1) is 16.7 Å². The summed E-state index contributed by atoms with van der Waals surface area (Å²) in [6, 6.07) is 58.1. The van der Waals surface area contributed by atoms with Crippen LogP contribution >= 0.6 is 0 Å². The van der Waals surface area contributed by atoms with Crippen molar-refractivity contribution in [2.45, 2.75) is 6.10 Å². The largest absolute Gasteiger partial charge is 0.384 e. The van der Waals surface area contributed by atoms with Crippen molar-refractivity contribution >= 4 is 21.8 Å². The zero-order valence-electron chi connectivity index (χ0n) is 27.5. The molecule has 1 atom stereocenters. The Kier molecular flexibility index (Phi) is 6.72. The molecule has 0 radical (unpaired) electrons. The molecule has 1 unspecified atom stereocenters. The first-order chi connectivity index (χ1) is 25.2. The standard InChI is InChI=1S/C46H30N4O/c51-43-34-21-12-23-36(46-48-44(30-16-6-2-7-17-30)47-45(49-46)31-18-8-3-9-19-31)41(34)42-35(43)22-13-25-40(42)50-38-24-11-10-20-33(38)37-28-32(26-27-39(37)50)29-14-4-1-5-15-29/h1-28,43,51H. The van der Waals surface area contributed by atoms with E-state index in [1.165, 1.54) is 21.9 Å². The Morgan fingerprint density at radius 1 is 0.412 bits per heavy atom. The van der Waals surface area contributed by atoms with Crippen LogP contribution in [0.25, 0.3) is 83.9 Å². The minimum atomic E-state index is -0.795. The third-order valence-electron chi connectivity index (χ3n) is 9.97. The van der Waals surface area contributed by atoms with Crippen LogP contribution in [0, 0.1) is 0 Å². The van der Waals surface area contributed by atoms with E-state index >= 15 is 0 Å². The summed E-state index contributed by atoms with van der Waals surface area (Å²) in [6.45, 7) is 0. The van der Waals surface area contributed by atoms with Gasteiger partial charge in [0.2, 0.25) is 0 Å². The summed E-state index contributed by atoms with van der Waals surface area (Å²) in [7, 11) is 0. The lowest BCUT2D eigenvalue weighted by atomic mass is 9.97. The molecule has 2 aromatic heterocycles. The molecule has 1 aliphatic rings. The predicted octanol–water partition coefficient (Wildman–Crippen LogP) is 10.7. The summed E-state index contributed by atoms with van der Waals surface area (Å²) in [5.41, 5.74) is 11.8. The zero-order valence-corrected chi connectivity index (χ0v) is 27.5. The maximum absolute atomic E-state index is 11.9. The van der Waals surface area contributed by atoms with Crippen molar-refractivity contribution in [3.8, 4) is 62.1 Å². The smallest absolute Gasteiger partial charge is 0.164 e. The van der Waals surface area contributed by atoms with Gasteiger partial charge in [-0.1, -0.05) is 146 Å². The van der Waals surface area contributed by atoms with Crippen LogP contribution in [0.15, 0.2) is 170 Å². The van der Waals surface area contributed by atoms with E-state index in [9.17, 15) is 5.11 Å². The number of fused-ring (bicyclic) bond motifs is 6. The molecule has 5 nitrogen and oxygen atoms in total. The number of aromatic nitrogens is 4. The van der Waals surface area contributed by atoms with Gasteiger partial charge in [-0.05, 0) is 46.5 Å². The fraction of sp³-hybridized carbons (Fsp3) is 0.0217. The Hall–Kier alpha value is -6.69. The lowest BCUT2D eigenvalue weighted by Gasteiger charge is -2.16. The molecule has 0 amide bonds. The maximum atomic E-state index is 11.9. The number of nitrogens with zero attached hydrogens (tertiary/aromatic N) is 4. The lowest BCUT2D eigenvalue weighted by molar-refractivity contribution is 0.225. The van der Waals surface area contributed by atoms with Gasteiger partial charge < -0.3 is 9.67 Å². The van der Waals surface area contributed by atoms with Crippen molar-refractivity contribution < 1.29 is 5.11 Å². The Balaban J connectivity index is 1.23. The molecule has 5 heteroatoms. The second kappa shape index (κ2) is 11.7. The van der Waals surface area contributed by atoms with Crippen LogP contribution in [0.1, 0.15) is 17.2 Å². The van der Waals surface area contributed by atoms with Crippen molar-refractivity contribution in [3.05, 3.63) is 181 Å². The summed E-state index contributed by atoms with van der Waals surface area (Å²) in [5.74, 6) is 1.76. The average Bonchev–Trinajstić information content (AvgIpc) is 3.70. The summed E-state index contributed by atoms with van der Waals surface area (Å²) in [4.78, 5) is 15.1. The van der Waals surface area contributed by atoms with Gasteiger partial charge in [0.15, 0.2) is 17.5 Å². The summed E-state index contributed by atoms with van der Waals surface area (Å²) in [6.07, 6.45) is -0.795. The van der Waals surface area contributed by atoms with Crippen LogP contribution in [-0.2, 0) is 0 Å². The molecule has 9 aromatic rings. The molecule has 1 N–H and O–H groups in total. The Morgan fingerprint density at radius 3 is 1.65 bits per heavy atom. The van der Waals surface area contributed by atoms with E-state index < -0.39 is 6.10 Å². The number of para-hydroxylation sites is 1. The SMILES string of the molecule is OC1c2cccc(-c3nc(-c4ccccc4)nc(-c4ccccc4)n3)c2-c2c1cccc2-n1c2ccccc2c2cc(-c3ccccc3)ccc21. The van der Waals surface area contributed by atoms with Gasteiger partial charge in [0, 0.05) is 38.6 Å². The molecule has 2 heterocycles. The predicted molar refractivity (Wildman–Crippen MR) is 205 cm³/mol. The first kappa shape index (κ1) is 29.2. The minimum absolute atomic E-state index is 0.559. The quantitative estimate of drug-likeness (QED) is 0.201. The van der Waals surface area contributed by atoms with Gasteiger partial charge in [0.1, 0.15) is 6.10 Å². The molecule has 0 fully saturated rings. The van der Waals surface area contributed by atoms with Gasteiger partial charge >= 0.3 is 0 Å². The van der Waals surface area contributed by atoms with E-state index in [1.54, 1.807) is 0 Å². The Morgan fingerprint density at radius 2 is 0.961 bits per heavy atom. The number of hydrogen-bond acceptors (Lipinski definition) is 4. The van der Waals surface area contributed by atoms with Crippen LogP contribution < -0.4 is 0 Å². The summed E-state index contributed by atoms with van der Waals surface area (Å²) < 4.78 is 2.34. The highest BCUT2D eigenvalue weighted by atomic mass is 16.3. The highest BCUT2D eigenvalue weighted by Crippen LogP contribution is 2.51. The number of rotatable bonds is 5. The fourth-order valence-electron chi connectivity index (χ4n) is 7.65. The van der Waals surface area contributed by atoms with E-state index in [0.29, 0.717) is 17.5 Å². The molecule has 1 aliphatic carbocycles. The topological polar surface area (TPSA) is 63.8 Å². The van der Waals surface area contributed by atoms with Crippen LogP contribution in [-0.4, -0.2) is 24.6 Å². The van der Waals surface area contributed by atoms with Crippen LogP contribution in [0.3, 0.4) is 0 Å². The summed E-state index contributed by atoms with van der Waals surface area (Å²) in [5, 5.41) is 14.3. The summed E-state index contributed by atoms with van der Waals surface area (Å²) >= 11 is 0. The molecular formula is C46H30N4O. The van der Waals surface area contributed by atoms with Gasteiger partial charge in [0.25, 0.3) is 0 Å². The third-order valence-corrected chi connectivity index (χ3v) is 9.97. The second-order valence-corrected chi connectivity index (χ2v) is 12.9. The van der Waals surface area contributed by atoms with E-state index in [2.05, 4.69) is 83.4 Å². The molecule has 0 spiro atoms. The first-order valence-corrected chi connectivity index (χ1v) is 17.1. The van der Waals surface area contributed by atoms with Crippen LogP contribution in [0.4, 0.5) is 0 Å². The Bertz CT molecular complexity index is 2700. The third kappa shape index (κ3) is 4.71. The van der Waals surface area contributed by atoms with Crippen molar-refractivity contribution in [1.29, 1.82) is 0 Å². The van der Waals surface area contributed by atoms with Crippen LogP contribution in [0.2, 0.25) is 0 Å². The first-order valence-electron chi connectivity index (χ1n) is 17.1. The van der Waals surface area contributed by atoms with Gasteiger partial charge in [-0.2, -0.15) is 0 Å². The average molecular weight is 655 g/mol. The minimum Gasteiger partial charge on any atom is -0.384 e. The molecule has 0 saturated carbocycles. The van der Waals surface area contributed by atoms with E-state index in [4.69, 9.17) is 15.0 Å². The second-order valence-electron chi connectivity index (χ2n) is 12.9. The number of aliphatic hydroxyl groups excluding tert-OH is 1. The molecule has 0 saturated heterocycles. The number of benzene rings is 7. The monoisotopic (exact) mass is 654 g/mol. The van der Waals surface area contributed by atoms with E-state index in [0.717, 1.165) is 55.7 Å². The highest BCUT2D eigenvalue weighted by Gasteiger charge is 2.33. The van der Waals surface area contributed by atoms with Crippen molar-refractivity contribution in [2.75, 3.05) is 0 Å². The number of aliphatic hydroxyl groups is 1. The Labute approximate surface area is 294 Å². The van der Waals surface area contributed by atoms with E-state index in [-0.39, 0.29) is 0 Å². The molecular weight excluding hydrogens is 625 g/mol. The molecule has 0 aliphatic heterocycles. The van der Waals surface area contributed by atoms with E-state index in [1.807, 2.05) is 91.0 Å². The molecule has 7 aromatic carbocycles. The normalized spacial score (nSPS) is 13.4. The highest BCUT2D eigenvalue weighted by molar-refractivity contribution is 6.11. The maximum Gasteiger partial charge on any atom is 0.164 e. The number of hydrogen-bond donors (Lipinski definition) is 1. The van der Waals surface area contributed by atoms with Crippen LogP contribution in [0.5, 0.6) is 0 Å². The van der Waals surface area contributed by atoms with Crippen molar-refractivity contribution in [3.63, 3.8) is 0 Å². The van der Waals surface area contributed by atoms with Gasteiger partial charge in [-0.3, -0.25) is 0 Å². The molecule has 10 rings (SSSR count). The van der Waals surface area contributed by atoms with Crippen molar-refractivity contribution in [2.24, 2.45) is 0 Å². The molecule has 0 bridgehead atoms. The molecule has 51 heavy (non-hydrogen) atoms. The molecule has 240 valence electrons. The zero-order chi connectivity index (χ0) is 33.9. The van der Waals surface area contributed by atoms with Crippen molar-refractivity contribution in [1.82, 2.24) is 19.5 Å².